The largest absolute Gasteiger partial charge is 0.497 e. The molecular weight excluding hydrogens is 543 g/mol. The first-order chi connectivity index (χ1) is 15.0. The van der Waals surface area contributed by atoms with Crippen LogP contribution in [0.2, 0.25) is 0 Å². The Bertz CT molecular complexity index is 858. The minimum absolute atomic E-state index is 0. The summed E-state index contributed by atoms with van der Waals surface area (Å²) < 4.78 is 16.0. The van der Waals surface area contributed by atoms with Crippen molar-refractivity contribution < 1.29 is 19.0 Å². The predicted molar refractivity (Wildman–Crippen MR) is 138 cm³/mol. The van der Waals surface area contributed by atoms with Crippen LogP contribution in [0.25, 0.3) is 0 Å². The van der Waals surface area contributed by atoms with E-state index in [1.54, 1.807) is 21.1 Å². The van der Waals surface area contributed by atoms with Crippen LogP contribution in [0.15, 0.2) is 29.3 Å². The number of ether oxygens (including phenoxy) is 3. The molecule has 0 saturated carbocycles. The van der Waals surface area contributed by atoms with E-state index in [1.807, 2.05) is 38.1 Å². The van der Waals surface area contributed by atoms with Gasteiger partial charge in [0, 0.05) is 20.2 Å². The van der Waals surface area contributed by atoms with Crippen LogP contribution in [-0.2, 0) is 16.1 Å². The first-order valence-corrected chi connectivity index (χ1v) is 11.1. The molecule has 0 amide bonds. The number of carbonyl (C=O) groups is 1. The molecule has 0 fully saturated rings. The zero-order valence-electron chi connectivity index (χ0n) is 19.3. The summed E-state index contributed by atoms with van der Waals surface area (Å²) in [7, 11) is 3.38. The van der Waals surface area contributed by atoms with E-state index in [9.17, 15) is 4.79 Å². The lowest BCUT2D eigenvalue weighted by Gasteiger charge is -2.16. The van der Waals surface area contributed by atoms with E-state index >= 15 is 0 Å². The molecule has 0 bridgehead atoms. The molecule has 0 aliphatic carbocycles. The topological polar surface area (TPSA) is 94.1 Å². The van der Waals surface area contributed by atoms with Crippen molar-refractivity contribution >= 4 is 47.2 Å². The van der Waals surface area contributed by atoms with Gasteiger partial charge in [-0.2, -0.15) is 0 Å². The maximum atomic E-state index is 12.0. The van der Waals surface area contributed by atoms with E-state index in [2.05, 4.69) is 20.6 Å². The summed E-state index contributed by atoms with van der Waals surface area (Å²) in [5.41, 5.74) is 1.80. The lowest BCUT2D eigenvalue weighted by Crippen LogP contribution is -2.39. The van der Waals surface area contributed by atoms with E-state index < -0.39 is 0 Å². The number of aliphatic imine (C=N–C) groups is 1. The maximum absolute atomic E-state index is 12.0. The Balaban J connectivity index is 0.00000512. The smallest absolute Gasteiger partial charge is 0.350 e. The van der Waals surface area contributed by atoms with Crippen molar-refractivity contribution in [2.24, 2.45) is 4.99 Å². The van der Waals surface area contributed by atoms with Gasteiger partial charge in [-0.3, -0.25) is 4.99 Å². The SMILES string of the molecule is CCOC(=O)c1sc(C(C)NC(=NC)NCCCOCc2ccc(OC)cc2)nc1C.I. The highest BCUT2D eigenvalue weighted by Gasteiger charge is 2.20. The molecule has 1 aromatic carbocycles. The molecule has 10 heteroatoms. The molecule has 0 radical (unpaired) electrons. The quantitative estimate of drug-likeness (QED) is 0.137. The molecule has 178 valence electrons. The fraction of sp³-hybridized carbons (Fsp3) is 0.500. The first kappa shape index (κ1) is 28.1. The van der Waals surface area contributed by atoms with Gasteiger partial charge in [-0.15, -0.1) is 35.3 Å². The van der Waals surface area contributed by atoms with Gasteiger partial charge in [-0.1, -0.05) is 12.1 Å². The van der Waals surface area contributed by atoms with Crippen molar-refractivity contribution in [2.45, 2.75) is 39.8 Å². The van der Waals surface area contributed by atoms with Gasteiger partial charge in [0.25, 0.3) is 0 Å². The van der Waals surface area contributed by atoms with Crippen LogP contribution in [0.4, 0.5) is 0 Å². The number of halogens is 1. The number of hydrogen-bond donors (Lipinski definition) is 2. The zero-order chi connectivity index (χ0) is 22.6. The number of benzene rings is 1. The Morgan fingerprint density at radius 3 is 2.62 bits per heavy atom. The summed E-state index contributed by atoms with van der Waals surface area (Å²) >= 11 is 1.34. The van der Waals surface area contributed by atoms with Crippen LogP contribution < -0.4 is 15.4 Å². The summed E-state index contributed by atoms with van der Waals surface area (Å²) in [4.78, 5) is 21.3. The average molecular weight is 577 g/mol. The first-order valence-electron chi connectivity index (χ1n) is 10.3. The molecule has 2 N–H and O–H groups in total. The molecule has 8 nitrogen and oxygen atoms in total. The van der Waals surface area contributed by atoms with Crippen LogP contribution in [0.5, 0.6) is 5.75 Å². The van der Waals surface area contributed by atoms with E-state index in [4.69, 9.17) is 14.2 Å². The molecule has 0 aliphatic rings. The van der Waals surface area contributed by atoms with Gasteiger partial charge in [0.15, 0.2) is 5.96 Å². The maximum Gasteiger partial charge on any atom is 0.350 e. The number of nitrogens with zero attached hydrogens (tertiary/aromatic N) is 2. The number of carbonyl (C=O) groups excluding carboxylic acids is 1. The van der Waals surface area contributed by atoms with Crippen molar-refractivity contribution in [1.82, 2.24) is 15.6 Å². The summed E-state index contributed by atoms with van der Waals surface area (Å²) in [5, 5.41) is 7.39. The number of rotatable bonds is 11. The highest BCUT2D eigenvalue weighted by Crippen LogP contribution is 2.24. The van der Waals surface area contributed by atoms with Crippen LogP contribution in [-0.4, -0.2) is 50.8 Å². The van der Waals surface area contributed by atoms with Crippen molar-refractivity contribution in [3.05, 3.63) is 45.4 Å². The normalized spacial score (nSPS) is 12.0. The number of nitrogens with one attached hydrogen (secondary N) is 2. The lowest BCUT2D eigenvalue weighted by atomic mass is 10.2. The van der Waals surface area contributed by atoms with Crippen LogP contribution in [0, 0.1) is 6.92 Å². The second-order valence-corrected chi connectivity index (χ2v) is 7.84. The Hall–Kier alpha value is -1.92. The summed E-state index contributed by atoms with van der Waals surface area (Å²) in [6, 6.07) is 7.76. The second-order valence-electron chi connectivity index (χ2n) is 6.81. The molecule has 0 spiro atoms. The fourth-order valence-corrected chi connectivity index (χ4v) is 3.71. The Kier molecular flexibility index (Phi) is 13.2. The number of esters is 1. The van der Waals surface area contributed by atoms with Gasteiger partial charge in [0.05, 0.1) is 32.1 Å². The average Bonchev–Trinajstić information content (AvgIpc) is 3.17. The Morgan fingerprint density at radius 2 is 2.00 bits per heavy atom. The summed E-state index contributed by atoms with van der Waals surface area (Å²) in [6.07, 6.45) is 0.842. The number of aryl methyl sites for hydroxylation is 1. The fourth-order valence-electron chi connectivity index (χ4n) is 2.74. The number of thiazole rings is 1. The minimum Gasteiger partial charge on any atom is -0.497 e. The van der Waals surface area contributed by atoms with Crippen molar-refractivity contribution in [3.8, 4) is 5.75 Å². The van der Waals surface area contributed by atoms with E-state index in [-0.39, 0.29) is 36.0 Å². The molecular formula is C22H33IN4O4S. The molecule has 1 heterocycles. The summed E-state index contributed by atoms with van der Waals surface area (Å²) in [5.74, 6) is 1.19. The van der Waals surface area contributed by atoms with Gasteiger partial charge in [-0.25, -0.2) is 9.78 Å². The van der Waals surface area contributed by atoms with Gasteiger partial charge in [-0.05, 0) is 44.9 Å². The van der Waals surface area contributed by atoms with Gasteiger partial charge in [0.1, 0.15) is 15.6 Å². The standard InChI is InChI=1S/C22H32N4O4S.HI/c1-6-30-21(27)19-15(2)25-20(31-19)16(3)26-22(23-4)24-12-7-13-29-14-17-8-10-18(28-5)11-9-17;/h8-11,16H,6-7,12-14H2,1-5H3,(H2,23,24,26);1H. The zero-order valence-corrected chi connectivity index (χ0v) is 22.4. The molecule has 1 unspecified atom stereocenters. The van der Waals surface area contributed by atoms with E-state index in [0.29, 0.717) is 36.4 Å². The minimum atomic E-state index is -0.326. The van der Waals surface area contributed by atoms with Crippen molar-refractivity contribution in [3.63, 3.8) is 0 Å². The van der Waals surface area contributed by atoms with E-state index in [0.717, 1.165) is 29.3 Å². The van der Waals surface area contributed by atoms with Crippen LogP contribution >= 0.6 is 35.3 Å². The van der Waals surface area contributed by atoms with Crippen LogP contribution in [0.3, 0.4) is 0 Å². The molecule has 32 heavy (non-hydrogen) atoms. The predicted octanol–water partition coefficient (Wildman–Crippen LogP) is 4.09. The number of guanidine groups is 1. The van der Waals surface area contributed by atoms with Gasteiger partial charge >= 0.3 is 5.97 Å². The highest BCUT2D eigenvalue weighted by atomic mass is 127. The molecule has 1 aromatic heterocycles. The third-order valence-corrected chi connectivity index (χ3v) is 5.73. The van der Waals surface area contributed by atoms with Crippen molar-refractivity contribution in [2.75, 3.05) is 33.9 Å². The Labute approximate surface area is 211 Å². The van der Waals surface area contributed by atoms with Gasteiger partial charge in [0.2, 0.25) is 0 Å². The third kappa shape index (κ3) is 8.91. The summed E-state index contributed by atoms with van der Waals surface area (Å²) in [6.45, 7) is 7.87. The molecule has 0 aliphatic heterocycles. The number of methoxy groups -OCH3 is 1. The molecule has 1 atom stereocenters. The molecule has 0 saturated heterocycles. The monoisotopic (exact) mass is 576 g/mol. The second kappa shape index (κ2) is 15.0. The van der Waals surface area contributed by atoms with E-state index in [1.165, 1.54) is 11.3 Å². The molecule has 2 rings (SSSR count). The van der Waals surface area contributed by atoms with Gasteiger partial charge < -0.3 is 24.8 Å². The number of aromatic nitrogens is 1. The number of hydrogen-bond acceptors (Lipinski definition) is 7. The molecule has 2 aromatic rings. The van der Waals surface area contributed by atoms with Crippen LogP contribution in [0.1, 0.15) is 52.2 Å². The third-order valence-electron chi connectivity index (χ3n) is 4.41. The van der Waals surface area contributed by atoms with Crippen molar-refractivity contribution in [1.29, 1.82) is 0 Å². The lowest BCUT2D eigenvalue weighted by molar-refractivity contribution is 0.0531. The highest BCUT2D eigenvalue weighted by molar-refractivity contribution is 14.0. The Morgan fingerprint density at radius 1 is 1.28 bits per heavy atom.